The quantitative estimate of drug-likeness (QED) is 0.412. The maximum Gasteiger partial charge on any atom is 0.319 e. The summed E-state index contributed by atoms with van der Waals surface area (Å²) < 4.78 is 33.1. The zero-order valence-corrected chi connectivity index (χ0v) is 24.4. The standard InChI is InChI=1S/C28H34N6O4S2/c1-18-17-39-27(29-18)40(36,37)28(11-3-4-12-28)23-15-24(34-13-14-38-16-19(34)2)33-25(32-23)20-5-7-21(8-6-20)30-26(35)31-22-9-10-22/h5-8,15,17,19,22H,3-4,9-14,16H2,1-2H3,(H2,30,31,35)/t19-/m0/s1. The lowest BCUT2D eigenvalue weighted by Gasteiger charge is -2.35. The third-order valence-electron chi connectivity index (χ3n) is 7.91. The molecule has 3 aliphatic rings. The molecule has 1 atom stereocenters. The lowest BCUT2D eigenvalue weighted by Crippen LogP contribution is -2.44. The second-order valence-corrected chi connectivity index (χ2v) is 14.3. The predicted molar refractivity (Wildman–Crippen MR) is 154 cm³/mol. The number of carbonyl (C=O) groups excluding carboxylic acids is 1. The van der Waals surface area contributed by atoms with E-state index in [1.54, 1.807) is 5.38 Å². The minimum atomic E-state index is -3.80. The van der Waals surface area contributed by atoms with E-state index in [9.17, 15) is 13.2 Å². The fourth-order valence-corrected chi connectivity index (χ4v) is 8.98. The van der Waals surface area contributed by atoms with Crippen LogP contribution in [0.25, 0.3) is 11.4 Å². The summed E-state index contributed by atoms with van der Waals surface area (Å²) in [5.74, 6) is 1.15. The van der Waals surface area contributed by atoms with Gasteiger partial charge >= 0.3 is 6.03 Å². The van der Waals surface area contributed by atoms with E-state index in [-0.39, 0.29) is 22.5 Å². The van der Waals surface area contributed by atoms with Crippen LogP contribution in [0.1, 0.15) is 56.8 Å². The molecule has 1 aliphatic heterocycles. The number of aryl methyl sites for hydroxylation is 1. The summed E-state index contributed by atoms with van der Waals surface area (Å²) in [6, 6.07) is 9.35. The second kappa shape index (κ2) is 10.7. The van der Waals surface area contributed by atoms with Crippen LogP contribution in [0.5, 0.6) is 0 Å². The average molecular weight is 583 g/mol. The maximum atomic E-state index is 14.2. The van der Waals surface area contributed by atoms with Gasteiger partial charge in [0.15, 0.2) is 5.82 Å². The molecule has 1 saturated heterocycles. The van der Waals surface area contributed by atoms with Gasteiger partial charge in [-0.05, 0) is 63.8 Å². The molecule has 2 aliphatic carbocycles. The van der Waals surface area contributed by atoms with E-state index in [1.165, 1.54) is 11.3 Å². The summed E-state index contributed by atoms with van der Waals surface area (Å²) in [6.45, 7) is 5.69. The number of ether oxygens (including phenoxy) is 1. The minimum Gasteiger partial charge on any atom is -0.377 e. The molecule has 2 amide bonds. The van der Waals surface area contributed by atoms with Crippen LogP contribution in [0.3, 0.4) is 0 Å². The minimum absolute atomic E-state index is 0.0821. The number of sulfone groups is 1. The zero-order chi connectivity index (χ0) is 27.9. The number of thiazole rings is 1. The Morgan fingerprint density at radius 2 is 1.88 bits per heavy atom. The van der Waals surface area contributed by atoms with E-state index in [4.69, 9.17) is 14.7 Å². The number of morpholine rings is 1. The zero-order valence-electron chi connectivity index (χ0n) is 22.7. The van der Waals surface area contributed by atoms with Crippen LogP contribution in [-0.2, 0) is 19.3 Å². The van der Waals surface area contributed by atoms with E-state index < -0.39 is 14.6 Å². The van der Waals surface area contributed by atoms with Gasteiger partial charge in [0.05, 0.1) is 24.9 Å². The molecule has 3 aromatic rings. The summed E-state index contributed by atoms with van der Waals surface area (Å²) in [4.78, 5) is 28.6. The van der Waals surface area contributed by atoms with Crippen molar-refractivity contribution in [3.05, 3.63) is 47.1 Å². The first-order valence-electron chi connectivity index (χ1n) is 13.8. The van der Waals surface area contributed by atoms with Gasteiger partial charge in [0.25, 0.3) is 0 Å². The first kappa shape index (κ1) is 27.1. The summed E-state index contributed by atoms with van der Waals surface area (Å²) in [7, 11) is -3.80. The molecule has 6 rings (SSSR count). The largest absolute Gasteiger partial charge is 0.377 e. The molecular weight excluding hydrogens is 548 g/mol. The topological polar surface area (TPSA) is 126 Å². The van der Waals surface area contributed by atoms with E-state index in [0.29, 0.717) is 61.3 Å². The maximum absolute atomic E-state index is 14.2. The Morgan fingerprint density at radius 1 is 1.12 bits per heavy atom. The van der Waals surface area contributed by atoms with Gasteiger partial charge in [-0.15, -0.1) is 11.3 Å². The molecule has 10 nitrogen and oxygen atoms in total. The molecule has 0 spiro atoms. The van der Waals surface area contributed by atoms with Crippen molar-refractivity contribution in [1.82, 2.24) is 20.3 Å². The number of urea groups is 1. The number of benzene rings is 1. The fourth-order valence-electron chi connectivity index (χ4n) is 5.53. The molecule has 12 heteroatoms. The van der Waals surface area contributed by atoms with E-state index >= 15 is 0 Å². The molecule has 3 heterocycles. The van der Waals surface area contributed by atoms with Crippen molar-refractivity contribution in [3.63, 3.8) is 0 Å². The number of anilines is 2. The van der Waals surface area contributed by atoms with E-state index in [1.807, 2.05) is 37.3 Å². The van der Waals surface area contributed by atoms with Crippen molar-refractivity contribution in [3.8, 4) is 11.4 Å². The predicted octanol–water partition coefficient (Wildman–Crippen LogP) is 4.66. The number of hydrogen-bond acceptors (Lipinski definition) is 9. The van der Waals surface area contributed by atoms with Gasteiger partial charge in [0, 0.05) is 41.0 Å². The van der Waals surface area contributed by atoms with Crippen LogP contribution >= 0.6 is 11.3 Å². The molecule has 2 aromatic heterocycles. The Labute approximate surface area is 238 Å². The molecular formula is C28H34N6O4S2. The van der Waals surface area contributed by atoms with Gasteiger partial charge in [0.1, 0.15) is 10.6 Å². The van der Waals surface area contributed by atoms with Crippen LogP contribution < -0.4 is 15.5 Å². The van der Waals surface area contributed by atoms with Crippen molar-refractivity contribution in [2.75, 3.05) is 30.0 Å². The molecule has 1 aromatic carbocycles. The number of aromatic nitrogens is 3. The Bertz CT molecular complexity index is 1500. The number of nitrogens with one attached hydrogen (secondary N) is 2. The molecule has 0 radical (unpaired) electrons. The summed E-state index contributed by atoms with van der Waals surface area (Å²) in [5, 5.41) is 7.56. The van der Waals surface area contributed by atoms with Gasteiger partial charge in [-0.1, -0.05) is 12.8 Å². The van der Waals surface area contributed by atoms with Gasteiger partial charge in [-0.3, -0.25) is 0 Å². The molecule has 3 fully saturated rings. The van der Waals surface area contributed by atoms with E-state index in [0.717, 1.165) is 31.2 Å². The second-order valence-electron chi connectivity index (χ2n) is 11.0. The molecule has 0 bridgehead atoms. The highest BCUT2D eigenvalue weighted by atomic mass is 32.2. The van der Waals surface area contributed by atoms with Crippen molar-refractivity contribution in [1.29, 1.82) is 0 Å². The van der Waals surface area contributed by atoms with Crippen LogP contribution in [-0.4, -0.2) is 61.2 Å². The SMILES string of the molecule is Cc1csc(S(=O)(=O)C2(c3cc(N4CCOC[C@@H]4C)nc(-c4ccc(NC(=O)NC5CC5)cc4)n3)CCCC2)n1. The number of carbonyl (C=O) groups is 1. The van der Waals surface area contributed by atoms with Crippen molar-refractivity contribution < 1.29 is 17.9 Å². The highest BCUT2D eigenvalue weighted by molar-refractivity contribution is 7.94. The van der Waals surface area contributed by atoms with Gasteiger partial charge in [-0.2, -0.15) is 0 Å². The average Bonchev–Trinajstić information content (AvgIpc) is 3.40. The van der Waals surface area contributed by atoms with Gasteiger partial charge < -0.3 is 20.3 Å². The summed E-state index contributed by atoms with van der Waals surface area (Å²) in [5.41, 5.74) is 2.62. The molecule has 2 N–H and O–H groups in total. The van der Waals surface area contributed by atoms with Crippen LogP contribution in [0, 0.1) is 6.92 Å². The first-order chi connectivity index (χ1) is 19.2. The Hall–Kier alpha value is -3.09. The molecule has 0 unspecified atom stereocenters. The van der Waals surface area contributed by atoms with E-state index in [2.05, 4.69) is 27.4 Å². The summed E-state index contributed by atoms with van der Waals surface area (Å²) >= 11 is 1.17. The Balaban J connectivity index is 1.41. The van der Waals surface area contributed by atoms with Gasteiger partial charge in [0.2, 0.25) is 14.2 Å². The van der Waals surface area contributed by atoms with Crippen LogP contribution in [0.15, 0.2) is 40.1 Å². The van der Waals surface area contributed by atoms with Crippen LogP contribution in [0.4, 0.5) is 16.3 Å². The lowest BCUT2D eigenvalue weighted by atomic mass is 10.0. The highest BCUT2D eigenvalue weighted by Crippen LogP contribution is 2.49. The fraction of sp³-hybridized carbons (Fsp3) is 0.500. The third-order valence-corrected chi connectivity index (χ3v) is 11.8. The number of amides is 2. The number of hydrogen-bond donors (Lipinski definition) is 2. The van der Waals surface area contributed by atoms with Crippen molar-refractivity contribution in [2.24, 2.45) is 0 Å². The summed E-state index contributed by atoms with van der Waals surface area (Å²) in [6.07, 6.45) is 4.61. The van der Waals surface area contributed by atoms with Crippen LogP contribution in [0.2, 0.25) is 0 Å². The number of rotatable bonds is 7. The molecule has 212 valence electrons. The smallest absolute Gasteiger partial charge is 0.319 e. The van der Waals surface area contributed by atoms with Crippen molar-refractivity contribution >= 4 is 38.7 Å². The monoisotopic (exact) mass is 582 g/mol. The third kappa shape index (κ3) is 5.19. The highest BCUT2D eigenvalue weighted by Gasteiger charge is 2.51. The lowest BCUT2D eigenvalue weighted by molar-refractivity contribution is 0.0985. The molecule has 2 saturated carbocycles. The molecule has 40 heavy (non-hydrogen) atoms. The first-order valence-corrected chi connectivity index (χ1v) is 16.2. The van der Waals surface area contributed by atoms with Gasteiger partial charge in [-0.25, -0.2) is 28.2 Å². The normalized spacial score (nSPS) is 20.9. The Kier molecular flexibility index (Phi) is 7.26. The Morgan fingerprint density at radius 3 is 2.52 bits per heavy atom. The number of nitrogens with zero attached hydrogens (tertiary/aromatic N) is 4. The van der Waals surface area contributed by atoms with Crippen molar-refractivity contribution in [2.45, 2.75) is 73.5 Å².